The third kappa shape index (κ3) is 2.61. The molecule has 0 saturated heterocycles. The number of rotatable bonds is 3. The van der Waals surface area contributed by atoms with Crippen LogP contribution in [0.1, 0.15) is 0 Å². The van der Waals surface area contributed by atoms with Crippen molar-refractivity contribution in [3.05, 3.63) is 66.2 Å². The molecular weight excluding hydrogens is 322 g/mol. The molecule has 5 heteroatoms. The monoisotopic (exact) mass is 335 g/mol. The van der Waals surface area contributed by atoms with Crippen molar-refractivity contribution in [2.75, 3.05) is 7.11 Å². The van der Waals surface area contributed by atoms with E-state index in [1.807, 2.05) is 30.5 Å². The van der Waals surface area contributed by atoms with Gasteiger partial charge in [-0.25, -0.2) is 0 Å². The van der Waals surface area contributed by atoms with E-state index >= 15 is 0 Å². The second kappa shape index (κ2) is 5.98. The van der Waals surface area contributed by atoms with Gasteiger partial charge in [-0.3, -0.25) is 9.97 Å². The molecule has 0 aliphatic rings. The number of benzene rings is 1. The average Bonchev–Trinajstić information content (AvgIpc) is 3.04. The van der Waals surface area contributed by atoms with Gasteiger partial charge >= 0.3 is 0 Å². The number of hydrogen-bond donors (Lipinski definition) is 1. The SMILES string of the molecule is COc1cncc(-c2cc3cc(-c4cccnc4)[nH]c3cc2Cl)c1. The number of nitrogens with one attached hydrogen (secondary N) is 1. The second-order valence-electron chi connectivity index (χ2n) is 5.46. The maximum absolute atomic E-state index is 6.49. The minimum atomic E-state index is 0.664. The fourth-order valence-electron chi connectivity index (χ4n) is 2.73. The van der Waals surface area contributed by atoms with E-state index in [1.54, 1.807) is 25.7 Å². The van der Waals surface area contributed by atoms with Gasteiger partial charge in [0.2, 0.25) is 0 Å². The van der Waals surface area contributed by atoms with Crippen LogP contribution < -0.4 is 4.74 Å². The Morgan fingerprint density at radius 3 is 2.67 bits per heavy atom. The van der Waals surface area contributed by atoms with Gasteiger partial charge in [0.1, 0.15) is 5.75 Å². The first-order valence-corrected chi connectivity index (χ1v) is 7.84. The van der Waals surface area contributed by atoms with Crippen LogP contribution in [-0.2, 0) is 0 Å². The van der Waals surface area contributed by atoms with Gasteiger partial charge < -0.3 is 9.72 Å². The molecule has 0 unspecified atom stereocenters. The number of nitrogens with zero attached hydrogens (tertiary/aromatic N) is 2. The lowest BCUT2D eigenvalue weighted by Gasteiger charge is -2.06. The standard InChI is InChI=1S/C19H14ClN3O/c1-24-15-5-14(10-22-11-15)16-6-13-7-18(12-3-2-4-21-9-12)23-19(13)8-17(16)20/h2-11,23H,1H3. The van der Waals surface area contributed by atoms with Crippen molar-refractivity contribution in [2.45, 2.75) is 0 Å². The molecule has 4 nitrogen and oxygen atoms in total. The van der Waals surface area contributed by atoms with Crippen LogP contribution in [0.3, 0.4) is 0 Å². The van der Waals surface area contributed by atoms with E-state index in [0.717, 1.165) is 33.3 Å². The zero-order valence-corrected chi connectivity index (χ0v) is 13.7. The van der Waals surface area contributed by atoms with Crippen LogP contribution in [-0.4, -0.2) is 22.1 Å². The number of aromatic amines is 1. The predicted octanol–water partition coefficient (Wildman–Crippen LogP) is 4.95. The summed E-state index contributed by atoms with van der Waals surface area (Å²) in [5.74, 6) is 0.703. The Hall–Kier alpha value is -2.85. The van der Waals surface area contributed by atoms with Crippen molar-refractivity contribution in [3.8, 4) is 28.1 Å². The van der Waals surface area contributed by atoms with Crippen molar-refractivity contribution < 1.29 is 4.74 Å². The maximum atomic E-state index is 6.49. The molecule has 0 bridgehead atoms. The van der Waals surface area contributed by atoms with Crippen LogP contribution in [0, 0.1) is 0 Å². The average molecular weight is 336 g/mol. The molecule has 0 amide bonds. The largest absolute Gasteiger partial charge is 0.495 e. The van der Waals surface area contributed by atoms with Crippen LogP contribution in [0.2, 0.25) is 5.02 Å². The summed E-state index contributed by atoms with van der Waals surface area (Å²) >= 11 is 6.49. The number of methoxy groups -OCH3 is 1. The Morgan fingerprint density at radius 2 is 1.88 bits per heavy atom. The molecule has 4 rings (SSSR count). The normalized spacial score (nSPS) is 10.9. The van der Waals surface area contributed by atoms with Gasteiger partial charge in [-0.15, -0.1) is 0 Å². The van der Waals surface area contributed by atoms with Crippen LogP contribution in [0.15, 0.2) is 61.2 Å². The van der Waals surface area contributed by atoms with Crippen molar-refractivity contribution in [3.63, 3.8) is 0 Å². The Kier molecular flexibility index (Phi) is 3.67. The van der Waals surface area contributed by atoms with E-state index in [9.17, 15) is 0 Å². The van der Waals surface area contributed by atoms with Crippen LogP contribution >= 0.6 is 11.6 Å². The van der Waals surface area contributed by atoms with Crippen molar-refractivity contribution in [1.29, 1.82) is 0 Å². The van der Waals surface area contributed by atoms with Gasteiger partial charge in [-0.2, -0.15) is 0 Å². The summed E-state index contributed by atoms with van der Waals surface area (Å²) in [4.78, 5) is 11.8. The van der Waals surface area contributed by atoms with E-state index in [0.29, 0.717) is 10.8 Å². The zero-order valence-electron chi connectivity index (χ0n) is 13.0. The number of hydrogen-bond acceptors (Lipinski definition) is 3. The molecule has 24 heavy (non-hydrogen) atoms. The maximum Gasteiger partial charge on any atom is 0.137 e. The number of fused-ring (bicyclic) bond motifs is 1. The number of ether oxygens (including phenoxy) is 1. The first kappa shape index (κ1) is 14.7. The smallest absolute Gasteiger partial charge is 0.137 e. The number of halogens is 1. The van der Waals surface area contributed by atoms with Crippen molar-refractivity contribution >= 4 is 22.5 Å². The molecule has 0 spiro atoms. The van der Waals surface area contributed by atoms with Gasteiger partial charge in [0.15, 0.2) is 0 Å². The molecule has 0 aliphatic carbocycles. The Morgan fingerprint density at radius 1 is 1.00 bits per heavy atom. The van der Waals surface area contributed by atoms with Gasteiger partial charge in [0, 0.05) is 51.9 Å². The Balaban J connectivity index is 1.84. The molecule has 0 aliphatic heterocycles. The van der Waals surface area contributed by atoms with E-state index in [4.69, 9.17) is 16.3 Å². The minimum Gasteiger partial charge on any atom is -0.495 e. The summed E-state index contributed by atoms with van der Waals surface area (Å²) in [6, 6.07) is 12.0. The summed E-state index contributed by atoms with van der Waals surface area (Å²) in [5.41, 5.74) is 4.88. The highest BCUT2D eigenvalue weighted by molar-refractivity contribution is 6.34. The Labute approximate surface area is 144 Å². The number of H-pyrrole nitrogens is 1. The first-order chi connectivity index (χ1) is 11.7. The Bertz CT molecular complexity index is 1010. The van der Waals surface area contributed by atoms with Gasteiger partial charge in [0.25, 0.3) is 0 Å². The molecule has 3 aromatic heterocycles. The first-order valence-electron chi connectivity index (χ1n) is 7.46. The van der Waals surface area contributed by atoms with Crippen molar-refractivity contribution in [2.24, 2.45) is 0 Å². The summed E-state index contributed by atoms with van der Waals surface area (Å²) in [6.07, 6.45) is 7.05. The van der Waals surface area contributed by atoms with Gasteiger partial charge in [-0.1, -0.05) is 11.6 Å². The quantitative estimate of drug-likeness (QED) is 0.576. The molecule has 1 aromatic carbocycles. The third-order valence-electron chi connectivity index (χ3n) is 3.94. The third-order valence-corrected chi connectivity index (χ3v) is 4.25. The highest BCUT2D eigenvalue weighted by atomic mass is 35.5. The fraction of sp³-hybridized carbons (Fsp3) is 0.0526. The molecule has 0 atom stereocenters. The highest BCUT2D eigenvalue weighted by Gasteiger charge is 2.10. The van der Waals surface area contributed by atoms with Crippen LogP contribution in [0.25, 0.3) is 33.3 Å². The summed E-state index contributed by atoms with van der Waals surface area (Å²) in [6.45, 7) is 0. The zero-order chi connectivity index (χ0) is 16.5. The van der Waals surface area contributed by atoms with E-state index in [-0.39, 0.29) is 0 Å². The topological polar surface area (TPSA) is 50.8 Å². The second-order valence-corrected chi connectivity index (χ2v) is 5.86. The molecule has 0 fully saturated rings. The number of pyridine rings is 2. The van der Waals surface area contributed by atoms with Gasteiger partial charge in [0.05, 0.1) is 18.3 Å². The highest BCUT2D eigenvalue weighted by Crippen LogP contribution is 2.34. The molecule has 0 saturated carbocycles. The molecule has 4 aromatic rings. The molecule has 1 N–H and O–H groups in total. The van der Waals surface area contributed by atoms with Crippen molar-refractivity contribution in [1.82, 2.24) is 15.0 Å². The minimum absolute atomic E-state index is 0.664. The lowest BCUT2D eigenvalue weighted by molar-refractivity contribution is 0.413. The molecule has 0 radical (unpaired) electrons. The predicted molar refractivity (Wildman–Crippen MR) is 96.3 cm³/mol. The van der Waals surface area contributed by atoms with Crippen LogP contribution in [0.5, 0.6) is 5.75 Å². The fourth-order valence-corrected chi connectivity index (χ4v) is 3.00. The molecular formula is C19H14ClN3O. The molecule has 118 valence electrons. The summed E-state index contributed by atoms with van der Waals surface area (Å²) < 4.78 is 5.25. The van der Waals surface area contributed by atoms with E-state index in [2.05, 4.69) is 27.1 Å². The van der Waals surface area contributed by atoms with Gasteiger partial charge in [-0.05, 0) is 36.4 Å². The number of aromatic nitrogens is 3. The summed E-state index contributed by atoms with van der Waals surface area (Å²) in [5, 5.41) is 1.74. The summed E-state index contributed by atoms with van der Waals surface area (Å²) in [7, 11) is 1.62. The van der Waals surface area contributed by atoms with E-state index < -0.39 is 0 Å². The van der Waals surface area contributed by atoms with Crippen LogP contribution in [0.4, 0.5) is 0 Å². The lowest BCUT2D eigenvalue weighted by Crippen LogP contribution is -1.87. The molecule has 3 heterocycles. The van der Waals surface area contributed by atoms with E-state index in [1.165, 1.54) is 0 Å². The lowest BCUT2D eigenvalue weighted by atomic mass is 10.1.